The van der Waals surface area contributed by atoms with Gasteiger partial charge in [0.25, 0.3) is 0 Å². The van der Waals surface area contributed by atoms with Crippen molar-refractivity contribution >= 4 is 0 Å². The first-order valence-corrected chi connectivity index (χ1v) is 8.92. The molecule has 0 saturated heterocycles. The van der Waals surface area contributed by atoms with E-state index in [4.69, 9.17) is 18.6 Å². The molecule has 1 aromatic rings. The van der Waals surface area contributed by atoms with Crippen LogP contribution in [-0.4, -0.2) is 0 Å². The van der Waals surface area contributed by atoms with Crippen LogP contribution in [0.25, 0.3) is 16.8 Å². The van der Waals surface area contributed by atoms with Gasteiger partial charge in [-0.25, -0.2) is 18.6 Å². The van der Waals surface area contributed by atoms with Gasteiger partial charge >= 0.3 is 0 Å². The average Bonchev–Trinajstić information content (AvgIpc) is 2.63. The molecule has 0 bridgehead atoms. The third kappa shape index (κ3) is 4.98. The Kier molecular flexibility index (Phi) is 5.77. The molecule has 0 saturated carbocycles. The largest absolute Gasteiger partial charge is 0.222 e. The fourth-order valence-corrected chi connectivity index (χ4v) is 3.11. The van der Waals surface area contributed by atoms with Crippen molar-refractivity contribution in [3.63, 3.8) is 0 Å². The smallest absolute Gasteiger partial charge is 0.211 e. The molecular weight excluding hydrogens is 342 g/mol. The third-order valence-corrected chi connectivity index (χ3v) is 3.95. The highest BCUT2D eigenvalue weighted by atomic mass is 35.7. The minimum absolute atomic E-state index is 1.23. The van der Waals surface area contributed by atoms with Gasteiger partial charge in [0.15, 0.2) is 11.4 Å². The molecule has 3 rings (SSSR count). The number of benzene rings is 1. The van der Waals surface area contributed by atoms with Crippen LogP contribution in [-0.2, 0) is 0 Å². The lowest BCUT2D eigenvalue weighted by Crippen LogP contribution is -2.68. The summed E-state index contributed by atoms with van der Waals surface area (Å²) in [4.78, 5) is 0. The summed E-state index contributed by atoms with van der Waals surface area (Å²) < 4.78 is 36.3. The molecule has 1 aliphatic carbocycles. The number of fused-ring (bicyclic) bond motifs is 1. The summed E-state index contributed by atoms with van der Waals surface area (Å²) >= 11 is 0. The molecule has 1 aliphatic heterocycles. The summed E-state index contributed by atoms with van der Waals surface area (Å²) in [5.74, 6) is 0. The first kappa shape index (κ1) is 19.3. The highest BCUT2D eigenvalue weighted by Crippen LogP contribution is 2.29. The molecule has 0 unspecified atom stereocenters. The predicted molar refractivity (Wildman–Crippen MR) is 83.5 cm³/mol. The SMILES string of the molecule is Cc1cc(C)cc2c(C)[n+](-c3ccccc3)c(C)c-2c1.[O-][Cl+3]([O-])([O-])[O-]. The van der Waals surface area contributed by atoms with E-state index in [1.807, 2.05) is 0 Å². The number of nitrogens with zero attached hydrogens (tertiary/aromatic N) is 1. The van der Waals surface area contributed by atoms with Crippen molar-refractivity contribution in [3.8, 4) is 16.8 Å². The van der Waals surface area contributed by atoms with E-state index in [-0.39, 0.29) is 0 Å². The van der Waals surface area contributed by atoms with Crippen LogP contribution in [0.5, 0.6) is 0 Å². The van der Waals surface area contributed by atoms with E-state index in [2.05, 4.69) is 80.8 Å². The second kappa shape index (κ2) is 7.47. The average molecular weight is 362 g/mol. The topological polar surface area (TPSA) is 96.1 Å². The van der Waals surface area contributed by atoms with Crippen LogP contribution >= 0.6 is 0 Å². The van der Waals surface area contributed by atoms with Gasteiger partial charge in [0, 0.05) is 26.0 Å². The fraction of sp³-hybridized carbons (Fsp3) is 0.211. The number of rotatable bonds is 1. The van der Waals surface area contributed by atoms with Crippen molar-refractivity contribution < 1.29 is 33.4 Å². The summed E-state index contributed by atoms with van der Waals surface area (Å²) in [7, 11) is -4.94. The molecule has 2 aliphatic rings. The molecule has 0 spiro atoms. The van der Waals surface area contributed by atoms with E-state index in [0.29, 0.717) is 0 Å². The molecule has 0 atom stereocenters. The maximum Gasteiger partial charge on any atom is 0.211 e. The Hall–Kier alpha value is -2.02. The van der Waals surface area contributed by atoms with Gasteiger partial charge in [0.2, 0.25) is 5.69 Å². The van der Waals surface area contributed by atoms with Gasteiger partial charge in [-0.2, -0.15) is 4.57 Å². The van der Waals surface area contributed by atoms with E-state index in [0.717, 1.165) is 0 Å². The zero-order chi connectivity index (χ0) is 18.8. The van der Waals surface area contributed by atoms with Crippen molar-refractivity contribution in [2.45, 2.75) is 27.7 Å². The molecule has 0 aromatic heterocycles. The van der Waals surface area contributed by atoms with Crippen LogP contribution in [0.3, 0.4) is 0 Å². The lowest BCUT2D eigenvalue weighted by Gasteiger charge is -2.17. The maximum atomic E-state index is 8.49. The summed E-state index contributed by atoms with van der Waals surface area (Å²) in [5.41, 5.74) is 9.16. The third-order valence-electron chi connectivity index (χ3n) is 3.95. The van der Waals surface area contributed by atoms with Crippen LogP contribution in [0.2, 0.25) is 0 Å². The first-order valence-electron chi connectivity index (χ1n) is 7.68. The molecule has 5 nitrogen and oxygen atoms in total. The van der Waals surface area contributed by atoms with Crippen LogP contribution < -0.4 is 23.2 Å². The molecule has 0 radical (unpaired) electrons. The number of aryl methyl sites for hydroxylation is 2. The van der Waals surface area contributed by atoms with Crippen molar-refractivity contribution in [2.24, 2.45) is 0 Å². The highest BCUT2D eigenvalue weighted by molar-refractivity contribution is 5.70. The van der Waals surface area contributed by atoms with Gasteiger partial charge in [-0.1, -0.05) is 35.4 Å². The normalized spacial score (nSPS) is 11.2. The minimum atomic E-state index is -4.94. The Labute approximate surface area is 149 Å². The summed E-state index contributed by atoms with van der Waals surface area (Å²) in [6.07, 6.45) is 0. The van der Waals surface area contributed by atoms with Crippen LogP contribution in [0.4, 0.5) is 0 Å². The summed E-state index contributed by atoms with van der Waals surface area (Å²) in [6, 6.07) is 17.4. The van der Waals surface area contributed by atoms with Gasteiger partial charge in [-0.3, -0.25) is 0 Å². The van der Waals surface area contributed by atoms with E-state index in [1.165, 1.54) is 39.3 Å². The highest BCUT2D eigenvalue weighted by Gasteiger charge is 2.26. The fourth-order valence-electron chi connectivity index (χ4n) is 3.11. The quantitative estimate of drug-likeness (QED) is 0.548. The van der Waals surface area contributed by atoms with Crippen LogP contribution in [0.1, 0.15) is 22.5 Å². The zero-order valence-corrected chi connectivity index (χ0v) is 15.3. The molecule has 1 aromatic carbocycles. The van der Waals surface area contributed by atoms with Gasteiger partial charge in [0.1, 0.15) is 0 Å². The van der Waals surface area contributed by atoms with Gasteiger partial charge in [-0.15, -0.1) is 10.2 Å². The lowest BCUT2D eigenvalue weighted by atomic mass is 10.1. The lowest BCUT2D eigenvalue weighted by molar-refractivity contribution is -2.00. The Morgan fingerprint density at radius 3 is 1.48 bits per heavy atom. The van der Waals surface area contributed by atoms with E-state index in [9.17, 15) is 0 Å². The van der Waals surface area contributed by atoms with E-state index >= 15 is 0 Å². The maximum absolute atomic E-state index is 8.49. The molecule has 0 amide bonds. The molecule has 25 heavy (non-hydrogen) atoms. The van der Waals surface area contributed by atoms with Gasteiger partial charge in [-0.05, 0) is 26.0 Å². The Balaban J connectivity index is 0.000000399. The standard InChI is InChI=1S/C19H20N.ClHO4/c1-13-10-14(2)12-19-16(4)20(15(3)18(19)11-13)17-8-6-5-7-9-17;2-1(3,4)5/h5-12H,1-4H3;(H,2,3,4,5)/q+1;/p-1. The molecule has 1 heterocycles. The Morgan fingerprint density at radius 2 is 1.08 bits per heavy atom. The number of aromatic nitrogens is 1. The van der Waals surface area contributed by atoms with Gasteiger partial charge in [0.05, 0.1) is 11.1 Å². The molecular formula is C19H20ClNO4. The van der Waals surface area contributed by atoms with Crippen molar-refractivity contribution in [1.82, 2.24) is 0 Å². The zero-order valence-electron chi connectivity index (χ0n) is 14.6. The Bertz CT molecular complexity index is 796. The monoisotopic (exact) mass is 361 g/mol. The van der Waals surface area contributed by atoms with Crippen LogP contribution in [0, 0.1) is 37.9 Å². The first-order chi connectivity index (χ1) is 11.6. The summed E-state index contributed by atoms with van der Waals surface area (Å²) in [6.45, 7) is 8.75. The van der Waals surface area contributed by atoms with Crippen molar-refractivity contribution in [1.29, 1.82) is 0 Å². The molecule has 132 valence electrons. The number of para-hydroxylation sites is 1. The van der Waals surface area contributed by atoms with Gasteiger partial charge < -0.3 is 0 Å². The van der Waals surface area contributed by atoms with E-state index < -0.39 is 10.2 Å². The second-order valence-electron chi connectivity index (χ2n) is 5.97. The molecule has 0 fully saturated rings. The number of hydrogen-bond donors (Lipinski definition) is 0. The predicted octanol–water partition coefficient (Wildman–Crippen LogP) is -0.454. The molecule has 6 heteroatoms. The second-order valence-corrected chi connectivity index (χ2v) is 6.72. The van der Waals surface area contributed by atoms with Crippen molar-refractivity contribution in [3.05, 3.63) is 71.0 Å². The van der Waals surface area contributed by atoms with Crippen LogP contribution in [0.15, 0.2) is 48.5 Å². The number of hydrogen-bond acceptors (Lipinski definition) is 4. The Morgan fingerprint density at radius 1 is 0.680 bits per heavy atom. The number of halogens is 1. The summed E-state index contributed by atoms with van der Waals surface area (Å²) in [5, 5.41) is 0. The molecule has 0 N–H and O–H groups in total. The van der Waals surface area contributed by atoms with E-state index in [1.54, 1.807) is 0 Å². The van der Waals surface area contributed by atoms with Crippen molar-refractivity contribution in [2.75, 3.05) is 0 Å². The minimum Gasteiger partial charge on any atom is -0.222 e.